The van der Waals surface area contributed by atoms with Crippen LogP contribution in [0, 0.1) is 12.7 Å². The van der Waals surface area contributed by atoms with Crippen LogP contribution in [0.4, 0.5) is 10.1 Å². The second-order valence-electron chi connectivity index (χ2n) is 8.53. The maximum atomic E-state index is 13.6. The van der Waals surface area contributed by atoms with Crippen molar-refractivity contribution in [2.75, 3.05) is 18.1 Å². The molecular formula is C23H27ClFN5O2. The van der Waals surface area contributed by atoms with E-state index in [9.17, 15) is 14.3 Å². The summed E-state index contributed by atoms with van der Waals surface area (Å²) in [5, 5.41) is 19.6. The fraction of sp³-hybridized carbons (Fsp3) is 0.435. The Morgan fingerprint density at radius 2 is 1.84 bits per heavy atom. The van der Waals surface area contributed by atoms with E-state index in [1.54, 1.807) is 26.4 Å². The zero-order valence-electron chi connectivity index (χ0n) is 18.6. The monoisotopic (exact) mass is 459 g/mol. The van der Waals surface area contributed by atoms with Crippen LogP contribution in [-0.4, -0.2) is 43.7 Å². The summed E-state index contributed by atoms with van der Waals surface area (Å²) in [6.07, 6.45) is 1.24. The molecule has 1 aliphatic heterocycles. The maximum Gasteiger partial charge on any atom is 0.227 e. The molecule has 1 saturated heterocycles. The minimum atomic E-state index is -0.334. The Balaban J connectivity index is 2.01. The molecule has 0 radical (unpaired) electrons. The fourth-order valence-corrected chi connectivity index (χ4v) is 4.41. The lowest BCUT2D eigenvalue weighted by atomic mass is 10.1. The molecule has 2 aromatic heterocycles. The van der Waals surface area contributed by atoms with Gasteiger partial charge in [0.15, 0.2) is 5.82 Å². The van der Waals surface area contributed by atoms with E-state index in [0.717, 1.165) is 12.1 Å². The first kappa shape index (κ1) is 22.5. The number of benzene rings is 1. The molecular weight excluding hydrogens is 433 g/mol. The van der Waals surface area contributed by atoms with E-state index in [1.165, 1.54) is 12.1 Å². The molecule has 0 bridgehead atoms. The molecule has 1 N–H and O–H groups in total. The van der Waals surface area contributed by atoms with Crippen molar-refractivity contribution in [3.8, 4) is 11.5 Å². The van der Waals surface area contributed by atoms with Gasteiger partial charge in [0.1, 0.15) is 11.5 Å². The summed E-state index contributed by atoms with van der Waals surface area (Å²) in [6.45, 7) is 8.26. The van der Waals surface area contributed by atoms with Crippen molar-refractivity contribution in [1.82, 2.24) is 19.6 Å². The number of anilines is 1. The molecule has 0 saturated carbocycles. The van der Waals surface area contributed by atoms with E-state index >= 15 is 0 Å². The molecule has 32 heavy (non-hydrogen) atoms. The van der Waals surface area contributed by atoms with Crippen LogP contribution in [-0.2, 0) is 4.79 Å². The van der Waals surface area contributed by atoms with Crippen LogP contribution in [0.15, 0.2) is 24.3 Å². The molecule has 170 valence electrons. The van der Waals surface area contributed by atoms with Gasteiger partial charge in [0.2, 0.25) is 5.91 Å². The van der Waals surface area contributed by atoms with Crippen molar-refractivity contribution in [2.45, 2.75) is 52.4 Å². The van der Waals surface area contributed by atoms with E-state index in [-0.39, 0.29) is 30.2 Å². The lowest BCUT2D eigenvalue weighted by Gasteiger charge is -2.20. The summed E-state index contributed by atoms with van der Waals surface area (Å²) < 4.78 is 17.0. The van der Waals surface area contributed by atoms with Gasteiger partial charge in [-0.2, -0.15) is 5.10 Å². The highest BCUT2D eigenvalue weighted by Gasteiger charge is 2.34. The van der Waals surface area contributed by atoms with Gasteiger partial charge >= 0.3 is 0 Å². The van der Waals surface area contributed by atoms with Crippen molar-refractivity contribution in [3.63, 3.8) is 0 Å². The molecule has 1 amide bonds. The van der Waals surface area contributed by atoms with Gasteiger partial charge in [-0.05, 0) is 43.5 Å². The van der Waals surface area contributed by atoms with Crippen LogP contribution < -0.4 is 4.90 Å². The molecule has 3 aromatic rings. The summed E-state index contributed by atoms with van der Waals surface area (Å²) in [5.41, 5.74) is 3.47. The number of aliphatic hydroxyl groups is 1. The molecule has 9 heteroatoms. The molecule has 1 aliphatic rings. The molecule has 3 heterocycles. The van der Waals surface area contributed by atoms with E-state index in [2.05, 4.69) is 5.10 Å². The number of carbonyl (C=O) groups excluding carboxylic acids is 1. The average molecular weight is 460 g/mol. The van der Waals surface area contributed by atoms with Crippen LogP contribution >= 0.6 is 11.6 Å². The number of amides is 1. The summed E-state index contributed by atoms with van der Waals surface area (Å²) in [5.74, 6) is -0.0369. The third kappa shape index (κ3) is 3.71. The smallest absolute Gasteiger partial charge is 0.227 e. The van der Waals surface area contributed by atoms with Gasteiger partial charge in [-0.3, -0.25) is 4.79 Å². The SMILES string of the molecule is Cc1c(Cl)c(C(C)CO)nn1-c1nn(-c2ccc(F)cc2)c(C(C)C)c1N1CCCC1=O. The Morgan fingerprint density at radius 1 is 1.16 bits per heavy atom. The second-order valence-corrected chi connectivity index (χ2v) is 8.91. The average Bonchev–Trinajstić information content (AvgIpc) is 3.44. The van der Waals surface area contributed by atoms with Crippen molar-refractivity contribution < 1.29 is 14.3 Å². The van der Waals surface area contributed by atoms with Gasteiger partial charge in [0, 0.05) is 18.9 Å². The predicted molar refractivity (Wildman–Crippen MR) is 122 cm³/mol. The molecule has 0 aliphatic carbocycles. The van der Waals surface area contributed by atoms with Gasteiger partial charge in [0.05, 0.1) is 34.4 Å². The number of rotatable bonds is 6. The van der Waals surface area contributed by atoms with Crippen LogP contribution in [0.2, 0.25) is 5.02 Å². The third-order valence-corrected chi connectivity index (χ3v) is 6.32. The molecule has 1 aromatic carbocycles. The first-order valence-electron chi connectivity index (χ1n) is 10.8. The minimum absolute atomic E-state index is 0.0203. The maximum absolute atomic E-state index is 13.6. The van der Waals surface area contributed by atoms with Crippen molar-refractivity contribution in [2.24, 2.45) is 0 Å². The number of aromatic nitrogens is 4. The van der Waals surface area contributed by atoms with E-state index in [0.29, 0.717) is 46.6 Å². The Morgan fingerprint density at radius 3 is 2.41 bits per heavy atom. The van der Waals surface area contributed by atoms with Gasteiger partial charge in [-0.15, -0.1) is 5.10 Å². The van der Waals surface area contributed by atoms with Crippen LogP contribution in [0.5, 0.6) is 0 Å². The standard InChI is InChI=1S/C23H27ClFN5O2/c1-13(2)21-22(28-11-5-6-18(28)32)23(27-30(21)17-9-7-16(25)8-10-17)29-15(4)19(24)20(26-29)14(3)12-31/h7-10,13-14,31H,5-6,11-12H2,1-4H3. The number of halogens is 2. The normalized spacial score (nSPS) is 15.2. The van der Waals surface area contributed by atoms with Gasteiger partial charge in [-0.1, -0.05) is 32.4 Å². The second kappa shape index (κ2) is 8.67. The largest absolute Gasteiger partial charge is 0.396 e. The first-order chi connectivity index (χ1) is 15.2. The van der Waals surface area contributed by atoms with Gasteiger partial charge < -0.3 is 10.0 Å². The molecule has 4 rings (SSSR count). The summed E-state index contributed by atoms with van der Waals surface area (Å²) >= 11 is 6.57. The molecule has 0 spiro atoms. The minimum Gasteiger partial charge on any atom is -0.396 e. The summed E-state index contributed by atoms with van der Waals surface area (Å²) in [7, 11) is 0. The van der Waals surface area contributed by atoms with E-state index in [1.807, 2.05) is 27.7 Å². The van der Waals surface area contributed by atoms with Gasteiger partial charge in [0.25, 0.3) is 0 Å². The Kier molecular flexibility index (Phi) is 6.09. The molecule has 1 fully saturated rings. The lowest BCUT2D eigenvalue weighted by molar-refractivity contribution is -0.117. The first-order valence-corrected chi connectivity index (χ1v) is 11.2. The van der Waals surface area contributed by atoms with Crippen LogP contribution in [0.1, 0.15) is 62.5 Å². The number of hydrogen-bond acceptors (Lipinski definition) is 4. The zero-order chi connectivity index (χ0) is 23.2. The van der Waals surface area contributed by atoms with E-state index in [4.69, 9.17) is 16.7 Å². The molecule has 7 nitrogen and oxygen atoms in total. The number of aliphatic hydroxyl groups excluding tert-OH is 1. The highest BCUT2D eigenvalue weighted by molar-refractivity contribution is 6.32. The third-order valence-electron chi connectivity index (χ3n) is 5.85. The van der Waals surface area contributed by atoms with Crippen molar-refractivity contribution in [3.05, 3.63) is 52.2 Å². The Hall–Kier alpha value is -2.71. The topological polar surface area (TPSA) is 76.2 Å². The van der Waals surface area contributed by atoms with Crippen LogP contribution in [0.25, 0.3) is 11.5 Å². The summed E-state index contributed by atoms with van der Waals surface area (Å²) in [6, 6.07) is 6.10. The van der Waals surface area contributed by atoms with Crippen molar-refractivity contribution in [1.29, 1.82) is 0 Å². The molecule has 1 atom stereocenters. The summed E-state index contributed by atoms with van der Waals surface area (Å²) in [4.78, 5) is 14.6. The highest BCUT2D eigenvalue weighted by Crippen LogP contribution is 2.39. The van der Waals surface area contributed by atoms with E-state index < -0.39 is 0 Å². The fourth-order valence-electron chi connectivity index (χ4n) is 4.11. The van der Waals surface area contributed by atoms with Crippen LogP contribution in [0.3, 0.4) is 0 Å². The predicted octanol–water partition coefficient (Wildman–Crippen LogP) is 4.50. The van der Waals surface area contributed by atoms with Crippen molar-refractivity contribution >= 4 is 23.2 Å². The number of hydrogen-bond donors (Lipinski definition) is 1. The van der Waals surface area contributed by atoms with Gasteiger partial charge in [-0.25, -0.2) is 13.8 Å². The highest BCUT2D eigenvalue weighted by atomic mass is 35.5. The Labute approximate surface area is 191 Å². The quantitative estimate of drug-likeness (QED) is 0.588. The lowest BCUT2D eigenvalue weighted by Crippen LogP contribution is -2.26. The zero-order valence-corrected chi connectivity index (χ0v) is 19.4. The Bertz CT molecular complexity index is 1150. The molecule has 1 unspecified atom stereocenters. The number of nitrogens with zero attached hydrogens (tertiary/aromatic N) is 5. The number of carbonyl (C=O) groups is 1.